The molecule has 9 heteroatoms. The van der Waals surface area contributed by atoms with Crippen LogP contribution in [0.3, 0.4) is 0 Å². The molecule has 0 aliphatic rings. The Balaban J connectivity index is 4.18. The van der Waals surface area contributed by atoms with Crippen LogP contribution in [0.4, 0.5) is 0 Å². The van der Waals surface area contributed by atoms with Crippen molar-refractivity contribution in [3.8, 4) is 0 Å². The molecule has 1 amide bonds. The van der Waals surface area contributed by atoms with Crippen LogP contribution in [-0.4, -0.2) is 47.8 Å². The highest BCUT2D eigenvalue weighted by molar-refractivity contribution is 7.47. The molecule has 3 atom stereocenters. The molecule has 0 saturated heterocycles. The molecule has 0 saturated carbocycles. The van der Waals surface area contributed by atoms with E-state index in [-0.39, 0.29) is 25.7 Å². The molecule has 0 fully saturated rings. The molecule has 0 heterocycles. The molecule has 3 unspecified atom stereocenters. The maximum absolute atomic E-state index is 12.8. The number of carbonyl (C=O) groups excluding carboxylic acids is 1. The Hall–Kier alpha value is -1.02. The summed E-state index contributed by atoms with van der Waals surface area (Å²) >= 11 is 0. The van der Waals surface area contributed by atoms with E-state index in [9.17, 15) is 19.4 Å². The number of hydrogen-bond donors (Lipinski definition) is 4. The molecule has 0 aromatic rings. The Labute approximate surface area is 334 Å². The van der Waals surface area contributed by atoms with E-state index in [2.05, 4.69) is 31.3 Å². The molecule has 0 aliphatic carbocycles. The van der Waals surface area contributed by atoms with E-state index in [1.54, 1.807) is 6.08 Å². The molecule has 0 aliphatic heterocycles. The summed E-state index contributed by atoms with van der Waals surface area (Å²) in [5.41, 5.74) is 5.38. The lowest BCUT2D eigenvalue weighted by Gasteiger charge is -2.23. The normalized spacial score (nSPS) is 14.2. The smallest absolute Gasteiger partial charge is 0.387 e. The van der Waals surface area contributed by atoms with Gasteiger partial charge in [-0.2, -0.15) is 0 Å². The lowest BCUT2D eigenvalue weighted by Crippen LogP contribution is -2.45. The minimum absolute atomic E-state index is 0.0789. The molecule has 0 bridgehead atoms. The van der Waals surface area contributed by atoms with Crippen molar-refractivity contribution in [2.24, 2.45) is 5.73 Å². The summed E-state index contributed by atoms with van der Waals surface area (Å²) < 4.78 is 22.1. The van der Waals surface area contributed by atoms with Crippen LogP contribution in [0.5, 0.6) is 0 Å². The number of unbranched alkanes of at least 4 members (excludes halogenated alkanes) is 29. The molecule has 8 nitrogen and oxygen atoms in total. The summed E-state index contributed by atoms with van der Waals surface area (Å²) in [5, 5.41) is 13.7. The Kier molecular flexibility index (Phi) is 40.8. The number of amides is 1. The summed E-state index contributed by atoms with van der Waals surface area (Å²) in [7, 11) is -4.34. The van der Waals surface area contributed by atoms with Crippen LogP contribution < -0.4 is 11.1 Å². The lowest BCUT2D eigenvalue weighted by molar-refractivity contribution is -0.123. The zero-order chi connectivity index (χ0) is 39.6. The van der Waals surface area contributed by atoms with Gasteiger partial charge >= 0.3 is 7.82 Å². The van der Waals surface area contributed by atoms with E-state index in [0.29, 0.717) is 6.42 Å². The summed E-state index contributed by atoms with van der Waals surface area (Å²) in [6.45, 7) is 4.15. The Morgan fingerprint density at radius 2 is 0.963 bits per heavy atom. The molecule has 320 valence electrons. The predicted molar refractivity (Wildman–Crippen MR) is 231 cm³/mol. The monoisotopic (exact) mass is 785 g/mol. The zero-order valence-corrected chi connectivity index (χ0v) is 36.4. The highest BCUT2D eigenvalue weighted by atomic mass is 31.2. The molecule has 0 spiro atoms. The first-order valence-corrected chi connectivity index (χ1v) is 24.5. The molecular weight excluding hydrogens is 695 g/mol. The molecule has 54 heavy (non-hydrogen) atoms. The highest BCUT2D eigenvalue weighted by Gasteiger charge is 2.26. The predicted octanol–water partition coefficient (Wildman–Crippen LogP) is 12.9. The number of aliphatic hydroxyl groups is 1. The summed E-state index contributed by atoms with van der Waals surface area (Å²) in [4.78, 5) is 22.7. The number of aliphatic hydroxyl groups excluding tert-OH is 1. The van der Waals surface area contributed by atoms with Crippen molar-refractivity contribution < 1.29 is 28.4 Å². The second-order valence-electron chi connectivity index (χ2n) is 15.6. The fourth-order valence-electron chi connectivity index (χ4n) is 6.77. The maximum atomic E-state index is 12.8. The van der Waals surface area contributed by atoms with Gasteiger partial charge in [0.25, 0.3) is 0 Å². The maximum Gasteiger partial charge on any atom is 0.472 e. The van der Waals surface area contributed by atoms with Gasteiger partial charge in [-0.15, -0.1) is 0 Å². The fourth-order valence-corrected chi connectivity index (χ4v) is 7.53. The minimum Gasteiger partial charge on any atom is -0.387 e. The number of rotatable bonds is 43. The van der Waals surface area contributed by atoms with Crippen molar-refractivity contribution in [2.45, 2.75) is 238 Å². The Morgan fingerprint density at radius 1 is 0.593 bits per heavy atom. The third kappa shape index (κ3) is 39.2. The van der Waals surface area contributed by atoms with Gasteiger partial charge in [-0.05, 0) is 44.9 Å². The minimum atomic E-state index is -4.34. The van der Waals surface area contributed by atoms with Gasteiger partial charge in [-0.25, -0.2) is 4.57 Å². The largest absolute Gasteiger partial charge is 0.472 e. The van der Waals surface area contributed by atoms with Gasteiger partial charge in [0, 0.05) is 13.0 Å². The fraction of sp³-hybridized carbons (Fsp3) is 0.889. The van der Waals surface area contributed by atoms with Crippen LogP contribution in [-0.2, 0) is 18.4 Å². The summed E-state index contributed by atoms with van der Waals surface area (Å²) in [6, 6.07) is -0.860. The standard InChI is InChI=1S/C45H89N2O6P/c1-3-5-7-9-11-13-15-17-19-21-23-25-27-29-31-33-35-37-39-45(49)47-43(42-53-54(50,51)52-41-40-46)44(48)38-36-34-32-30-28-26-24-22-20-18-16-14-12-10-8-6-4-2/h19,21,36,38,43-44,48H,3-18,20,22-35,37,39-42,46H2,1-2H3,(H,47,49)(H,50,51)/b21-19-,38-36+. The van der Waals surface area contributed by atoms with E-state index < -0.39 is 20.0 Å². The van der Waals surface area contributed by atoms with Crippen LogP contribution in [0.1, 0.15) is 226 Å². The van der Waals surface area contributed by atoms with Crippen molar-refractivity contribution >= 4 is 13.7 Å². The zero-order valence-electron chi connectivity index (χ0n) is 35.5. The van der Waals surface area contributed by atoms with Crippen LogP contribution >= 0.6 is 7.82 Å². The number of phosphoric ester groups is 1. The van der Waals surface area contributed by atoms with Crippen LogP contribution in [0, 0.1) is 0 Å². The van der Waals surface area contributed by atoms with Crippen molar-refractivity contribution in [2.75, 3.05) is 19.8 Å². The quantitative estimate of drug-likeness (QED) is 0.0275. The van der Waals surface area contributed by atoms with Crippen LogP contribution in [0.2, 0.25) is 0 Å². The van der Waals surface area contributed by atoms with Crippen molar-refractivity contribution in [1.82, 2.24) is 5.32 Å². The molecule has 0 aromatic carbocycles. The van der Waals surface area contributed by atoms with Crippen molar-refractivity contribution in [3.63, 3.8) is 0 Å². The first-order valence-electron chi connectivity index (χ1n) is 23.0. The van der Waals surface area contributed by atoms with E-state index in [1.807, 2.05) is 6.08 Å². The number of phosphoric acid groups is 1. The molecule has 5 N–H and O–H groups in total. The highest BCUT2D eigenvalue weighted by Crippen LogP contribution is 2.43. The number of nitrogens with two attached hydrogens (primary N) is 1. The molecular formula is C45H89N2O6P. The number of hydrogen-bond acceptors (Lipinski definition) is 6. The van der Waals surface area contributed by atoms with E-state index in [4.69, 9.17) is 14.8 Å². The molecule has 0 aromatic heterocycles. The van der Waals surface area contributed by atoms with Crippen LogP contribution in [0.25, 0.3) is 0 Å². The first-order chi connectivity index (χ1) is 26.4. The van der Waals surface area contributed by atoms with Gasteiger partial charge in [0.2, 0.25) is 5.91 Å². The molecule has 0 radical (unpaired) electrons. The Bertz CT molecular complexity index is 901. The molecule has 0 rings (SSSR count). The van der Waals surface area contributed by atoms with Gasteiger partial charge in [-0.1, -0.05) is 199 Å². The average Bonchev–Trinajstić information content (AvgIpc) is 3.16. The second kappa shape index (κ2) is 41.6. The lowest BCUT2D eigenvalue weighted by atomic mass is 10.0. The number of allylic oxidation sites excluding steroid dienone is 3. The van der Waals surface area contributed by atoms with Gasteiger partial charge in [0.1, 0.15) is 0 Å². The second-order valence-corrected chi connectivity index (χ2v) is 17.1. The van der Waals surface area contributed by atoms with Gasteiger partial charge < -0.3 is 21.1 Å². The Morgan fingerprint density at radius 3 is 1.37 bits per heavy atom. The average molecular weight is 785 g/mol. The summed E-state index contributed by atoms with van der Waals surface area (Å²) in [6.07, 6.45) is 47.9. The number of carbonyl (C=O) groups is 1. The van der Waals surface area contributed by atoms with Gasteiger partial charge in [-0.3, -0.25) is 13.8 Å². The van der Waals surface area contributed by atoms with E-state index in [1.165, 1.54) is 167 Å². The van der Waals surface area contributed by atoms with E-state index in [0.717, 1.165) is 38.5 Å². The first kappa shape index (κ1) is 53.0. The third-order valence-corrected chi connectivity index (χ3v) is 11.3. The van der Waals surface area contributed by atoms with Gasteiger partial charge in [0.15, 0.2) is 0 Å². The van der Waals surface area contributed by atoms with E-state index >= 15 is 0 Å². The number of nitrogens with one attached hydrogen (secondary N) is 1. The summed E-state index contributed by atoms with van der Waals surface area (Å²) in [5.74, 6) is -0.197. The van der Waals surface area contributed by atoms with Crippen LogP contribution in [0.15, 0.2) is 24.3 Å². The van der Waals surface area contributed by atoms with Crippen molar-refractivity contribution in [3.05, 3.63) is 24.3 Å². The topological polar surface area (TPSA) is 131 Å². The SMILES string of the molecule is CCCCCCCCC/C=C\CCCCCCCCCC(=O)NC(COP(=O)(O)OCCN)C(O)/C=C/CCCCCCCCCCCCCCCCC. The van der Waals surface area contributed by atoms with Crippen molar-refractivity contribution in [1.29, 1.82) is 0 Å². The third-order valence-electron chi connectivity index (χ3n) is 10.3. The van der Waals surface area contributed by atoms with Gasteiger partial charge in [0.05, 0.1) is 25.4 Å².